The zero-order valence-corrected chi connectivity index (χ0v) is 9.45. The smallest absolute Gasteiger partial charge is 0.0297 e. The first-order chi connectivity index (χ1) is 5.91. The molecule has 0 bridgehead atoms. The lowest BCUT2D eigenvalue weighted by Gasteiger charge is -2.38. The van der Waals surface area contributed by atoms with E-state index in [1.165, 1.54) is 19.3 Å². The van der Waals surface area contributed by atoms with Crippen molar-refractivity contribution < 1.29 is 0 Å². The quantitative estimate of drug-likeness (QED) is 0.490. The van der Waals surface area contributed by atoms with Gasteiger partial charge in [-0.05, 0) is 31.1 Å². The van der Waals surface area contributed by atoms with Gasteiger partial charge in [0.2, 0.25) is 0 Å². The van der Waals surface area contributed by atoms with Crippen LogP contribution in [-0.2, 0) is 0 Å². The molecule has 2 aliphatic carbocycles. The van der Waals surface area contributed by atoms with Crippen molar-refractivity contribution in [1.29, 1.82) is 0 Å². The van der Waals surface area contributed by atoms with Crippen molar-refractivity contribution in [1.82, 2.24) is 0 Å². The standard InChI is InChI=1S/C8H14.2C2H6/c1-2-5-8(4-1)6-3-7-8;2*1-2/h1-7H2;2*1-2H3. The average molecular weight is 170 g/mol. The van der Waals surface area contributed by atoms with Crippen molar-refractivity contribution in [3.63, 3.8) is 0 Å². The number of rotatable bonds is 0. The van der Waals surface area contributed by atoms with Gasteiger partial charge in [0.05, 0.1) is 0 Å². The van der Waals surface area contributed by atoms with Crippen LogP contribution in [0.4, 0.5) is 0 Å². The molecule has 74 valence electrons. The lowest BCUT2D eigenvalue weighted by Crippen LogP contribution is -2.24. The van der Waals surface area contributed by atoms with E-state index in [0.29, 0.717) is 0 Å². The SMILES string of the molecule is C1CCC2(C1)CCC2.CC.CC. The van der Waals surface area contributed by atoms with Crippen LogP contribution in [0, 0.1) is 5.41 Å². The molecule has 0 radical (unpaired) electrons. The van der Waals surface area contributed by atoms with E-state index >= 15 is 0 Å². The molecule has 0 amide bonds. The Morgan fingerprint density at radius 2 is 0.917 bits per heavy atom. The zero-order chi connectivity index (χ0) is 9.45. The van der Waals surface area contributed by atoms with Crippen molar-refractivity contribution in [3.8, 4) is 0 Å². The van der Waals surface area contributed by atoms with Gasteiger partial charge >= 0.3 is 0 Å². The number of hydrogen-bond donors (Lipinski definition) is 0. The Labute approximate surface area is 78.8 Å². The summed E-state index contributed by atoms with van der Waals surface area (Å²) in [6, 6.07) is 0. The summed E-state index contributed by atoms with van der Waals surface area (Å²) in [5, 5.41) is 0. The number of hydrogen-bond acceptors (Lipinski definition) is 0. The monoisotopic (exact) mass is 170 g/mol. The highest BCUT2D eigenvalue weighted by Crippen LogP contribution is 2.52. The van der Waals surface area contributed by atoms with Crippen LogP contribution in [0.15, 0.2) is 0 Å². The van der Waals surface area contributed by atoms with Gasteiger partial charge in [-0.2, -0.15) is 0 Å². The second kappa shape index (κ2) is 6.51. The minimum absolute atomic E-state index is 0.917. The molecule has 0 aromatic heterocycles. The first-order valence-electron chi connectivity index (χ1n) is 5.91. The molecule has 0 atom stereocenters. The molecule has 0 saturated heterocycles. The molecular weight excluding hydrogens is 144 g/mol. The Morgan fingerprint density at radius 1 is 0.583 bits per heavy atom. The maximum atomic E-state index is 2.00. The molecule has 0 aromatic carbocycles. The second-order valence-electron chi connectivity index (χ2n) is 3.56. The minimum atomic E-state index is 0.917. The molecule has 0 heterocycles. The van der Waals surface area contributed by atoms with E-state index in [9.17, 15) is 0 Å². The van der Waals surface area contributed by atoms with Crippen LogP contribution in [0.2, 0.25) is 0 Å². The van der Waals surface area contributed by atoms with E-state index in [1.807, 2.05) is 27.7 Å². The maximum Gasteiger partial charge on any atom is -0.0297 e. The first-order valence-corrected chi connectivity index (χ1v) is 5.91. The predicted octanol–water partition coefficient (Wildman–Crippen LogP) is 4.78. The molecule has 2 rings (SSSR count). The van der Waals surface area contributed by atoms with Gasteiger partial charge in [0.1, 0.15) is 0 Å². The highest BCUT2D eigenvalue weighted by Gasteiger charge is 2.38. The lowest BCUT2D eigenvalue weighted by molar-refractivity contribution is 0.144. The molecule has 0 nitrogen and oxygen atoms in total. The predicted molar refractivity (Wildman–Crippen MR) is 57.4 cm³/mol. The van der Waals surface area contributed by atoms with Crippen LogP contribution < -0.4 is 0 Å². The van der Waals surface area contributed by atoms with Gasteiger partial charge in [-0.15, -0.1) is 0 Å². The fourth-order valence-electron chi connectivity index (χ4n) is 2.30. The van der Waals surface area contributed by atoms with Gasteiger partial charge in [0.25, 0.3) is 0 Å². The molecule has 0 N–H and O–H groups in total. The van der Waals surface area contributed by atoms with E-state index in [-0.39, 0.29) is 0 Å². The molecule has 2 fully saturated rings. The molecular formula is C12H26. The maximum absolute atomic E-state index is 2.00. The average Bonchev–Trinajstić information content (AvgIpc) is 2.59. The molecule has 0 aromatic rings. The zero-order valence-electron chi connectivity index (χ0n) is 9.45. The molecule has 12 heavy (non-hydrogen) atoms. The first kappa shape index (κ1) is 12.0. The van der Waals surface area contributed by atoms with Crippen molar-refractivity contribution >= 4 is 0 Å². The van der Waals surface area contributed by atoms with Crippen LogP contribution in [0.25, 0.3) is 0 Å². The molecule has 2 saturated carbocycles. The summed E-state index contributed by atoms with van der Waals surface area (Å²) >= 11 is 0. The van der Waals surface area contributed by atoms with E-state index in [1.54, 1.807) is 25.7 Å². The molecule has 0 aliphatic heterocycles. The normalized spacial score (nSPS) is 23.0. The third kappa shape index (κ3) is 2.80. The Morgan fingerprint density at radius 3 is 1.08 bits per heavy atom. The van der Waals surface area contributed by atoms with Crippen molar-refractivity contribution in [2.75, 3.05) is 0 Å². The van der Waals surface area contributed by atoms with E-state index in [4.69, 9.17) is 0 Å². The molecule has 2 aliphatic rings. The van der Waals surface area contributed by atoms with Crippen LogP contribution >= 0.6 is 0 Å². The van der Waals surface area contributed by atoms with Crippen LogP contribution in [0.5, 0.6) is 0 Å². The largest absolute Gasteiger partial charge is 0.0683 e. The molecule has 1 spiro atoms. The van der Waals surface area contributed by atoms with E-state index < -0.39 is 0 Å². The molecule has 0 heteroatoms. The van der Waals surface area contributed by atoms with E-state index in [0.717, 1.165) is 5.41 Å². The van der Waals surface area contributed by atoms with Crippen LogP contribution in [-0.4, -0.2) is 0 Å². The van der Waals surface area contributed by atoms with Crippen LogP contribution in [0.3, 0.4) is 0 Å². The lowest BCUT2D eigenvalue weighted by atomic mass is 9.68. The summed E-state index contributed by atoms with van der Waals surface area (Å²) in [7, 11) is 0. The van der Waals surface area contributed by atoms with E-state index in [2.05, 4.69) is 0 Å². The topological polar surface area (TPSA) is 0 Å². The Hall–Kier alpha value is 0. The summed E-state index contributed by atoms with van der Waals surface area (Å²) < 4.78 is 0. The third-order valence-corrected chi connectivity index (χ3v) is 3.08. The highest BCUT2D eigenvalue weighted by atomic mass is 14.4. The fourth-order valence-corrected chi connectivity index (χ4v) is 2.30. The summed E-state index contributed by atoms with van der Waals surface area (Å²) in [5.41, 5.74) is 0.917. The van der Waals surface area contributed by atoms with Crippen molar-refractivity contribution in [2.45, 2.75) is 72.6 Å². The fraction of sp³-hybridized carbons (Fsp3) is 1.00. The Kier molecular flexibility index (Phi) is 6.51. The second-order valence-corrected chi connectivity index (χ2v) is 3.56. The molecule has 0 unspecified atom stereocenters. The minimum Gasteiger partial charge on any atom is -0.0683 e. The van der Waals surface area contributed by atoms with Gasteiger partial charge in [-0.1, -0.05) is 47.0 Å². The van der Waals surface area contributed by atoms with Crippen LogP contribution in [0.1, 0.15) is 72.6 Å². The highest BCUT2D eigenvalue weighted by molar-refractivity contribution is 4.90. The summed E-state index contributed by atoms with van der Waals surface area (Å²) in [6.45, 7) is 8.00. The Bertz CT molecular complexity index is 82.2. The van der Waals surface area contributed by atoms with Gasteiger partial charge in [0, 0.05) is 0 Å². The van der Waals surface area contributed by atoms with Gasteiger partial charge < -0.3 is 0 Å². The summed E-state index contributed by atoms with van der Waals surface area (Å²) in [4.78, 5) is 0. The van der Waals surface area contributed by atoms with Gasteiger partial charge in [0.15, 0.2) is 0 Å². The third-order valence-electron chi connectivity index (χ3n) is 3.08. The summed E-state index contributed by atoms with van der Waals surface area (Å²) in [5.74, 6) is 0. The Balaban J connectivity index is 0.000000269. The van der Waals surface area contributed by atoms with Crippen molar-refractivity contribution in [2.24, 2.45) is 5.41 Å². The van der Waals surface area contributed by atoms with Gasteiger partial charge in [-0.3, -0.25) is 0 Å². The van der Waals surface area contributed by atoms with Gasteiger partial charge in [-0.25, -0.2) is 0 Å². The van der Waals surface area contributed by atoms with Crippen molar-refractivity contribution in [3.05, 3.63) is 0 Å². The summed E-state index contributed by atoms with van der Waals surface area (Å²) in [6.07, 6.45) is 10.8.